The normalized spacial score (nSPS) is 13.2. The number of imidazole rings is 1. The summed E-state index contributed by atoms with van der Waals surface area (Å²) in [4.78, 5) is 4.51. The number of aromatic nitrogens is 2. The summed E-state index contributed by atoms with van der Waals surface area (Å²) in [6, 6.07) is 6.28. The molecule has 0 aliphatic carbocycles. The van der Waals surface area contributed by atoms with E-state index in [0.29, 0.717) is 0 Å². The van der Waals surface area contributed by atoms with Crippen molar-refractivity contribution in [1.82, 2.24) is 9.38 Å². The zero-order valence-corrected chi connectivity index (χ0v) is 9.57. The third-order valence-corrected chi connectivity index (χ3v) is 3.31. The summed E-state index contributed by atoms with van der Waals surface area (Å²) < 4.78 is 2.04. The molecular weight excluding hydrogens is 206 g/mol. The van der Waals surface area contributed by atoms with Gasteiger partial charge < -0.3 is 10.1 Å². The molecule has 2 heterocycles. The monoisotopic (exact) mass is 221 g/mol. The van der Waals surface area contributed by atoms with E-state index in [1.54, 1.807) is 0 Å². The Morgan fingerprint density at radius 2 is 2.40 bits per heavy atom. The summed E-state index contributed by atoms with van der Waals surface area (Å²) in [6.45, 7) is 2.02. The maximum Gasteiger partial charge on any atom is 0.137 e. The summed E-state index contributed by atoms with van der Waals surface area (Å²) in [5.74, 6) is 1.91. The van der Waals surface area contributed by atoms with E-state index < -0.39 is 0 Å². The molecule has 1 atom stereocenters. The third-order valence-electron chi connectivity index (χ3n) is 2.04. The van der Waals surface area contributed by atoms with Gasteiger partial charge in [0, 0.05) is 29.9 Å². The van der Waals surface area contributed by atoms with Crippen LogP contribution in [0.15, 0.2) is 30.6 Å². The summed E-state index contributed by atoms with van der Waals surface area (Å²) in [7, 11) is 0. The average Bonchev–Trinajstić information content (AvgIpc) is 2.59. The lowest BCUT2D eigenvalue weighted by molar-refractivity contribution is 0.847. The van der Waals surface area contributed by atoms with Crippen LogP contribution in [0.3, 0.4) is 0 Å². The molecule has 1 unspecified atom stereocenters. The molecule has 80 valence electrons. The van der Waals surface area contributed by atoms with Crippen molar-refractivity contribution in [2.24, 2.45) is 5.73 Å². The van der Waals surface area contributed by atoms with Crippen molar-refractivity contribution in [3.63, 3.8) is 0 Å². The van der Waals surface area contributed by atoms with E-state index in [-0.39, 0.29) is 6.04 Å². The van der Waals surface area contributed by atoms with Crippen molar-refractivity contribution in [1.29, 1.82) is 0 Å². The number of nitrogens with zero attached hydrogens (tertiary/aromatic N) is 2. The zero-order valence-electron chi connectivity index (χ0n) is 8.76. The number of hydrogen-bond acceptors (Lipinski definition) is 3. The van der Waals surface area contributed by atoms with Gasteiger partial charge in [0.2, 0.25) is 0 Å². The Labute approximate surface area is 93.7 Å². The van der Waals surface area contributed by atoms with E-state index in [2.05, 4.69) is 11.2 Å². The van der Waals surface area contributed by atoms with Crippen LogP contribution < -0.4 is 5.73 Å². The van der Waals surface area contributed by atoms with Gasteiger partial charge in [-0.2, -0.15) is 11.8 Å². The maximum absolute atomic E-state index is 5.69. The molecule has 2 rings (SSSR count). The van der Waals surface area contributed by atoms with Crippen molar-refractivity contribution < 1.29 is 0 Å². The minimum absolute atomic E-state index is 0.257. The second-order valence-corrected chi connectivity index (χ2v) is 4.72. The van der Waals surface area contributed by atoms with Crippen LogP contribution in [-0.4, -0.2) is 21.2 Å². The Morgan fingerprint density at radius 1 is 1.53 bits per heavy atom. The van der Waals surface area contributed by atoms with E-state index in [4.69, 9.17) is 5.73 Å². The van der Waals surface area contributed by atoms with E-state index in [9.17, 15) is 0 Å². The molecule has 0 saturated carbocycles. The quantitative estimate of drug-likeness (QED) is 0.857. The van der Waals surface area contributed by atoms with Crippen molar-refractivity contribution in [3.8, 4) is 0 Å². The van der Waals surface area contributed by atoms with E-state index in [0.717, 1.165) is 22.8 Å². The highest BCUT2D eigenvalue weighted by Gasteiger charge is 2.01. The van der Waals surface area contributed by atoms with Gasteiger partial charge in [-0.25, -0.2) is 4.98 Å². The highest BCUT2D eigenvalue weighted by Crippen LogP contribution is 2.13. The van der Waals surface area contributed by atoms with E-state index in [1.165, 1.54) is 0 Å². The average molecular weight is 221 g/mol. The van der Waals surface area contributed by atoms with E-state index in [1.807, 2.05) is 47.5 Å². The summed E-state index contributed by atoms with van der Waals surface area (Å²) >= 11 is 1.83. The number of fused-ring (bicyclic) bond motifs is 1. The van der Waals surface area contributed by atoms with Gasteiger partial charge in [-0.05, 0) is 19.1 Å². The Bertz CT molecular complexity index is 403. The van der Waals surface area contributed by atoms with Crippen LogP contribution in [-0.2, 0) is 5.75 Å². The lowest BCUT2D eigenvalue weighted by Crippen LogP contribution is -2.17. The standard InChI is InChI=1S/C11H15N3S/c1-9(12)7-15-8-10-6-14-5-3-2-4-11(14)13-10/h2-6,9H,7-8,12H2,1H3. The second-order valence-electron chi connectivity index (χ2n) is 3.69. The van der Waals surface area contributed by atoms with Crippen LogP contribution in [0.5, 0.6) is 0 Å². The van der Waals surface area contributed by atoms with Gasteiger partial charge in [0.05, 0.1) is 5.69 Å². The predicted molar refractivity (Wildman–Crippen MR) is 65.0 cm³/mol. The topological polar surface area (TPSA) is 43.3 Å². The van der Waals surface area contributed by atoms with Crippen molar-refractivity contribution >= 4 is 17.4 Å². The molecule has 0 amide bonds. The lowest BCUT2D eigenvalue weighted by Gasteiger charge is -2.01. The first-order chi connectivity index (χ1) is 7.25. The first-order valence-electron chi connectivity index (χ1n) is 5.01. The highest BCUT2D eigenvalue weighted by atomic mass is 32.2. The fourth-order valence-electron chi connectivity index (χ4n) is 1.41. The van der Waals surface area contributed by atoms with Crippen LogP contribution >= 0.6 is 11.8 Å². The molecule has 0 radical (unpaired) electrons. The van der Waals surface area contributed by atoms with Crippen LogP contribution in [0, 0.1) is 0 Å². The van der Waals surface area contributed by atoms with Gasteiger partial charge in [0.15, 0.2) is 0 Å². The van der Waals surface area contributed by atoms with Gasteiger partial charge in [0.1, 0.15) is 5.65 Å². The molecule has 2 aromatic heterocycles. The van der Waals surface area contributed by atoms with Crippen LogP contribution in [0.25, 0.3) is 5.65 Å². The number of thioether (sulfide) groups is 1. The molecule has 0 saturated heterocycles. The second kappa shape index (κ2) is 4.68. The van der Waals surface area contributed by atoms with Gasteiger partial charge in [-0.15, -0.1) is 0 Å². The smallest absolute Gasteiger partial charge is 0.137 e. The van der Waals surface area contributed by atoms with Crippen LogP contribution in [0.2, 0.25) is 0 Å². The number of rotatable bonds is 4. The van der Waals surface area contributed by atoms with E-state index >= 15 is 0 Å². The van der Waals surface area contributed by atoms with Gasteiger partial charge in [-0.3, -0.25) is 0 Å². The molecule has 4 heteroatoms. The fourth-order valence-corrected chi connectivity index (χ4v) is 2.24. The first kappa shape index (κ1) is 10.5. The summed E-state index contributed by atoms with van der Waals surface area (Å²) in [5.41, 5.74) is 7.81. The van der Waals surface area contributed by atoms with Gasteiger partial charge in [-0.1, -0.05) is 6.07 Å². The first-order valence-corrected chi connectivity index (χ1v) is 6.17. The molecule has 15 heavy (non-hydrogen) atoms. The van der Waals surface area contributed by atoms with Crippen LogP contribution in [0.4, 0.5) is 0 Å². The summed E-state index contributed by atoms with van der Waals surface area (Å²) in [5, 5.41) is 0. The number of nitrogens with two attached hydrogens (primary N) is 1. The maximum atomic E-state index is 5.69. The molecule has 2 aromatic rings. The van der Waals surface area contributed by atoms with Gasteiger partial charge >= 0.3 is 0 Å². The van der Waals surface area contributed by atoms with Crippen LogP contribution in [0.1, 0.15) is 12.6 Å². The minimum atomic E-state index is 0.257. The van der Waals surface area contributed by atoms with Crippen molar-refractivity contribution in [3.05, 3.63) is 36.3 Å². The minimum Gasteiger partial charge on any atom is -0.327 e. The van der Waals surface area contributed by atoms with Crippen molar-refractivity contribution in [2.75, 3.05) is 5.75 Å². The predicted octanol–water partition coefficient (Wildman–Crippen LogP) is 1.91. The SMILES string of the molecule is CC(N)CSCc1cn2ccccc2n1. The number of pyridine rings is 1. The number of hydrogen-bond donors (Lipinski definition) is 1. The Kier molecular flexibility index (Phi) is 3.28. The molecule has 0 bridgehead atoms. The molecule has 0 spiro atoms. The Hall–Kier alpha value is -1.00. The van der Waals surface area contributed by atoms with Crippen molar-refractivity contribution in [2.45, 2.75) is 18.7 Å². The largest absolute Gasteiger partial charge is 0.327 e. The molecule has 0 aromatic carbocycles. The third kappa shape index (κ3) is 2.73. The highest BCUT2D eigenvalue weighted by molar-refractivity contribution is 7.98. The molecule has 0 aliphatic heterocycles. The zero-order chi connectivity index (χ0) is 10.7. The Morgan fingerprint density at radius 3 is 3.13 bits per heavy atom. The molecule has 0 aliphatic rings. The fraction of sp³-hybridized carbons (Fsp3) is 0.364. The molecule has 2 N–H and O–H groups in total. The van der Waals surface area contributed by atoms with Gasteiger partial charge in [0.25, 0.3) is 0 Å². The molecular formula is C11H15N3S. The molecule has 0 fully saturated rings. The lowest BCUT2D eigenvalue weighted by atomic mass is 10.4. The Balaban J connectivity index is 2.03. The molecule has 3 nitrogen and oxygen atoms in total. The summed E-state index contributed by atoms with van der Waals surface area (Å²) in [6.07, 6.45) is 4.09.